The van der Waals surface area contributed by atoms with E-state index in [0.29, 0.717) is 25.3 Å². The van der Waals surface area contributed by atoms with Gasteiger partial charge in [0.2, 0.25) is 5.91 Å². The van der Waals surface area contributed by atoms with Crippen molar-refractivity contribution in [3.63, 3.8) is 0 Å². The smallest absolute Gasteiger partial charge is 0.300 e. The van der Waals surface area contributed by atoms with Crippen LogP contribution in [0.5, 0.6) is 0 Å². The normalized spacial score (nSPS) is 10.4. The molecule has 0 aliphatic heterocycles. The highest BCUT2D eigenvalue weighted by atomic mass is 16.4. The molecule has 0 atom stereocenters. The van der Waals surface area contributed by atoms with Gasteiger partial charge < -0.3 is 9.73 Å². The second-order valence-electron chi connectivity index (χ2n) is 3.90. The lowest BCUT2D eigenvalue weighted by atomic mass is 10.3. The molecule has 0 unspecified atom stereocenters. The molecular weight excluding hydrogens is 236 g/mol. The molecule has 1 heterocycles. The Kier molecular flexibility index (Phi) is 5.34. The van der Waals surface area contributed by atoms with E-state index in [2.05, 4.69) is 5.32 Å². The minimum absolute atomic E-state index is 0.00973. The van der Waals surface area contributed by atoms with Crippen molar-refractivity contribution >= 4 is 11.8 Å². The topological polar surface area (TPSA) is 101 Å². The van der Waals surface area contributed by atoms with Gasteiger partial charge in [0.25, 0.3) is 0 Å². The molecule has 7 nitrogen and oxygen atoms in total. The summed E-state index contributed by atoms with van der Waals surface area (Å²) in [6, 6.07) is 3.27. The highest BCUT2D eigenvalue weighted by Crippen LogP contribution is 2.09. The summed E-state index contributed by atoms with van der Waals surface area (Å²) < 4.78 is 5.31. The van der Waals surface area contributed by atoms with Crippen LogP contribution in [0.4, 0.5) is 0 Å². The van der Waals surface area contributed by atoms with Gasteiger partial charge >= 0.3 is 5.91 Å². The van der Waals surface area contributed by atoms with Crippen LogP contribution >= 0.6 is 0 Å². The van der Waals surface area contributed by atoms with Crippen molar-refractivity contribution in [2.45, 2.75) is 13.0 Å². The first-order valence-electron chi connectivity index (χ1n) is 5.55. The van der Waals surface area contributed by atoms with Crippen molar-refractivity contribution in [1.82, 2.24) is 15.6 Å². The fourth-order valence-corrected chi connectivity index (χ4v) is 1.42. The predicted molar refractivity (Wildman–Crippen MR) is 65.4 cm³/mol. The van der Waals surface area contributed by atoms with E-state index in [1.54, 1.807) is 19.2 Å². The molecule has 0 radical (unpaired) electrons. The summed E-state index contributed by atoms with van der Waals surface area (Å²) in [7, 11) is 3.47. The number of hydrogen-bond donors (Lipinski definition) is 3. The maximum atomic E-state index is 11.2. The van der Waals surface area contributed by atoms with E-state index < -0.39 is 5.91 Å². The number of carbonyl (C=O) groups excluding carboxylic acids is 2. The lowest BCUT2D eigenvalue weighted by molar-refractivity contribution is -0.120. The first kappa shape index (κ1) is 14.2. The highest BCUT2D eigenvalue weighted by Gasteiger charge is 2.11. The molecule has 4 N–H and O–H groups in total. The molecule has 7 heteroatoms. The van der Waals surface area contributed by atoms with Gasteiger partial charge in [-0.25, -0.2) is 5.84 Å². The summed E-state index contributed by atoms with van der Waals surface area (Å²) in [5.41, 5.74) is 2.00. The lowest BCUT2D eigenvalue weighted by Crippen LogP contribution is -2.29. The molecule has 0 fully saturated rings. The SMILES string of the molecule is CNC(=O)CCN(C)Cc1ccc(C(=O)NN)o1. The zero-order valence-corrected chi connectivity index (χ0v) is 10.5. The third-order valence-electron chi connectivity index (χ3n) is 2.44. The average molecular weight is 254 g/mol. The second-order valence-corrected chi connectivity index (χ2v) is 3.90. The Bertz CT molecular complexity index is 416. The van der Waals surface area contributed by atoms with E-state index in [1.165, 1.54) is 0 Å². The summed E-state index contributed by atoms with van der Waals surface area (Å²) in [6.45, 7) is 1.13. The number of furan rings is 1. The number of nitrogens with zero attached hydrogens (tertiary/aromatic N) is 1. The third-order valence-corrected chi connectivity index (χ3v) is 2.44. The molecular formula is C11H18N4O3. The summed E-state index contributed by atoms with van der Waals surface area (Å²) in [5, 5.41) is 2.55. The molecule has 1 rings (SSSR count). The van der Waals surface area contributed by atoms with E-state index in [0.717, 1.165) is 0 Å². The summed E-state index contributed by atoms with van der Waals surface area (Å²) in [5.74, 6) is 5.34. The minimum atomic E-state index is -0.464. The van der Waals surface area contributed by atoms with Gasteiger partial charge in [0.1, 0.15) is 5.76 Å². The molecule has 100 valence electrons. The first-order valence-corrected chi connectivity index (χ1v) is 5.55. The summed E-state index contributed by atoms with van der Waals surface area (Å²) in [4.78, 5) is 24.2. The molecule has 0 saturated heterocycles. The Hall–Kier alpha value is -1.86. The Balaban J connectivity index is 2.44. The van der Waals surface area contributed by atoms with Crippen LogP contribution < -0.4 is 16.6 Å². The highest BCUT2D eigenvalue weighted by molar-refractivity contribution is 5.90. The van der Waals surface area contributed by atoms with E-state index in [-0.39, 0.29) is 11.7 Å². The standard InChI is InChI=1S/C11H18N4O3/c1-13-10(16)5-6-15(2)7-8-3-4-9(18-8)11(17)14-12/h3-4H,5-7,12H2,1-2H3,(H,13,16)(H,14,17). The number of nitrogens with two attached hydrogens (primary N) is 1. The van der Waals surface area contributed by atoms with Crippen LogP contribution in [-0.2, 0) is 11.3 Å². The van der Waals surface area contributed by atoms with Gasteiger partial charge in [-0.2, -0.15) is 0 Å². The Morgan fingerprint density at radius 3 is 2.78 bits per heavy atom. The van der Waals surface area contributed by atoms with Crippen molar-refractivity contribution in [3.05, 3.63) is 23.7 Å². The van der Waals surface area contributed by atoms with Crippen LogP contribution in [0.25, 0.3) is 0 Å². The number of carbonyl (C=O) groups is 2. The van der Waals surface area contributed by atoms with Crippen LogP contribution in [-0.4, -0.2) is 37.4 Å². The van der Waals surface area contributed by atoms with Crippen LogP contribution in [0.15, 0.2) is 16.5 Å². The molecule has 2 amide bonds. The molecule has 0 aliphatic rings. The second kappa shape index (κ2) is 6.77. The number of hydrogen-bond acceptors (Lipinski definition) is 5. The van der Waals surface area contributed by atoms with Crippen LogP contribution in [0, 0.1) is 0 Å². The zero-order valence-electron chi connectivity index (χ0n) is 10.5. The van der Waals surface area contributed by atoms with Crippen LogP contribution in [0.3, 0.4) is 0 Å². The van der Waals surface area contributed by atoms with E-state index >= 15 is 0 Å². The Morgan fingerprint density at radius 1 is 1.44 bits per heavy atom. The molecule has 0 spiro atoms. The fourth-order valence-electron chi connectivity index (χ4n) is 1.42. The maximum Gasteiger partial charge on any atom is 0.300 e. The van der Waals surface area contributed by atoms with Gasteiger partial charge in [-0.15, -0.1) is 0 Å². The molecule has 1 aromatic heterocycles. The monoisotopic (exact) mass is 254 g/mol. The average Bonchev–Trinajstić information content (AvgIpc) is 2.83. The molecule has 18 heavy (non-hydrogen) atoms. The summed E-state index contributed by atoms with van der Waals surface area (Å²) in [6.07, 6.45) is 0.420. The van der Waals surface area contributed by atoms with Crippen molar-refractivity contribution in [2.24, 2.45) is 5.84 Å². The summed E-state index contributed by atoms with van der Waals surface area (Å²) >= 11 is 0. The fraction of sp³-hybridized carbons (Fsp3) is 0.455. The molecule has 1 aromatic rings. The van der Waals surface area contributed by atoms with E-state index in [1.807, 2.05) is 17.4 Å². The zero-order chi connectivity index (χ0) is 13.5. The van der Waals surface area contributed by atoms with Gasteiger partial charge in [0, 0.05) is 20.0 Å². The Labute approximate surface area is 105 Å². The quantitative estimate of drug-likeness (QED) is 0.359. The largest absolute Gasteiger partial charge is 0.455 e. The van der Waals surface area contributed by atoms with Crippen molar-refractivity contribution in [3.8, 4) is 0 Å². The molecule has 0 aromatic carbocycles. The third kappa shape index (κ3) is 4.19. The van der Waals surface area contributed by atoms with Gasteiger partial charge in [-0.1, -0.05) is 0 Å². The van der Waals surface area contributed by atoms with Gasteiger partial charge in [-0.05, 0) is 19.2 Å². The number of hydrazine groups is 1. The minimum Gasteiger partial charge on any atom is -0.455 e. The van der Waals surface area contributed by atoms with E-state index in [4.69, 9.17) is 10.3 Å². The molecule has 0 aliphatic carbocycles. The van der Waals surface area contributed by atoms with Crippen molar-refractivity contribution < 1.29 is 14.0 Å². The number of nitrogens with one attached hydrogen (secondary N) is 2. The van der Waals surface area contributed by atoms with Crippen LogP contribution in [0.2, 0.25) is 0 Å². The van der Waals surface area contributed by atoms with Crippen molar-refractivity contribution in [2.75, 3.05) is 20.6 Å². The first-order chi connectivity index (χ1) is 8.56. The number of amides is 2. The Morgan fingerprint density at radius 2 is 2.17 bits per heavy atom. The molecule has 0 bridgehead atoms. The predicted octanol–water partition coefficient (Wildman–Crippen LogP) is -0.549. The van der Waals surface area contributed by atoms with Crippen LogP contribution in [0.1, 0.15) is 22.7 Å². The lowest BCUT2D eigenvalue weighted by Gasteiger charge is -2.14. The van der Waals surface area contributed by atoms with Crippen molar-refractivity contribution in [1.29, 1.82) is 0 Å². The number of nitrogen functional groups attached to an aromatic ring is 1. The van der Waals surface area contributed by atoms with E-state index in [9.17, 15) is 9.59 Å². The van der Waals surface area contributed by atoms with Gasteiger partial charge in [-0.3, -0.25) is 19.9 Å². The maximum absolute atomic E-state index is 11.2. The van der Waals surface area contributed by atoms with Gasteiger partial charge in [0.15, 0.2) is 5.76 Å². The number of rotatable bonds is 6. The van der Waals surface area contributed by atoms with Gasteiger partial charge in [0.05, 0.1) is 6.54 Å². The molecule has 0 saturated carbocycles.